The monoisotopic (exact) mass is 266 g/mol. The van der Waals surface area contributed by atoms with Crippen molar-refractivity contribution < 1.29 is 4.79 Å². The maximum absolute atomic E-state index is 12.7. The molecule has 1 heterocycles. The van der Waals surface area contributed by atoms with Crippen molar-refractivity contribution in [1.82, 2.24) is 0 Å². The van der Waals surface area contributed by atoms with Gasteiger partial charge in [-0.3, -0.25) is 4.79 Å². The summed E-state index contributed by atoms with van der Waals surface area (Å²) < 4.78 is 0. The lowest BCUT2D eigenvalue weighted by Gasteiger charge is -2.30. The molecule has 1 aliphatic rings. The van der Waals surface area contributed by atoms with Crippen molar-refractivity contribution in [1.29, 1.82) is 0 Å². The van der Waals surface area contributed by atoms with Crippen LogP contribution in [0, 0.1) is 13.8 Å². The van der Waals surface area contributed by atoms with Crippen LogP contribution in [0.25, 0.3) is 0 Å². The fraction of sp³-hybridized carbons (Fsp3) is 0.235. The molecule has 102 valence electrons. The number of hydrogen-bond acceptors (Lipinski definition) is 2. The first kappa shape index (κ1) is 12.7. The minimum absolute atomic E-state index is 0.0678. The summed E-state index contributed by atoms with van der Waals surface area (Å²) in [6, 6.07) is 11.8. The molecule has 0 radical (unpaired) electrons. The average molecular weight is 266 g/mol. The van der Waals surface area contributed by atoms with Gasteiger partial charge in [-0.05, 0) is 49.1 Å². The average Bonchev–Trinajstić information content (AvgIpc) is 2.44. The summed E-state index contributed by atoms with van der Waals surface area (Å²) in [6.45, 7) is 4.72. The smallest absolute Gasteiger partial charge is 0.258 e. The molecular formula is C17H18N2O. The molecule has 2 N–H and O–H groups in total. The quantitative estimate of drug-likeness (QED) is 0.806. The molecule has 0 fully saturated rings. The van der Waals surface area contributed by atoms with E-state index in [1.54, 1.807) is 0 Å². The molecular weight excluding hydrogens is 248 g/mol. The first-order chi connectivity index (χ1) is 9.58. The molecule has 2 aromatic rings. The third kappa shape index (κ3) is 1.95. The Bertz CT molecular complexity index is 691. The van der Waals surface area contributed by atoms with E-state index in [0.29, 0.717) is 6.54 Å². The number of amides is 1. The summed E-state index contributed by atoms with van der Waals surface area (Å²) in [6.07, 6.45) is 0.884. The fourth-order valence-corrected chi connectivity index (χ4v) is 2.80. The molecule has 3 heteroatoms. The lowest BCUT2D eigenvalue weighted by atomic mass is 9.97. The van der Waals surface area contributed by atoms with Crippen LogP contribution in [0.5, 0.6) is 0 Å². The zero-order chi connectivity index (χ0) is 14.3. The number of carbonyl (C=O) groups excluding carboxylic acids is 1. The van der Waals surface area contributed by atoms with Crippen LogP contribution in [-0.4, -0.2) is 12.5 Å². The van der Waals surface area contributed by atoms with Gasteiger partial charge in [0.25, 0.3) is 5.91 Å². The van der Waals surface area contributed by atoms with Crippen molar-refractivity contribution in [3.63, 3.8) is 0 Å². The summed E-state index contributed by atoms with van der Waals surface area (Å²) >= 11 is 0. The molecule has 0 saturated heterocycles. The van der Waals surface area contributed by atoms with Crippen LogP contribution in [0.3, 0.4) is 0 Å². The summed E-state index contributed by atoms with van der Waals surface area (Å²) in [7, 11) is 0. The standard InChI is InChI=1S/C17H18N2O/c1-11-9-12(2)16(10-15(11)18)19-8-7-13-5-3-4-6-14(13)17(19)20/h3-6,9-10H,7-8,18H2,1-2H3. The Labute approximate surface area is 119 Å². The summed E-state index contributed by atoms with van der Waals surface area (Å²) in [5.41, 5.74) is 11.7. The van der Waals surface area contributed by atoms with E-state index >= 15 is 0 Å². The third-order valence-electron chi connectivity index (χ3n) is 3.97. The van der Waals surface area contributed by atoms with Crippen molar-refractivity contribution in [2.24, 2.45) is 0 Å². The van der Waals surface area contributed by atoms with Crippen molar-refractivity contribution >= 4 is 17.3 Å². The maximum Gasteiger partial charge on any atom is 0.258 e. The molecule has 1 aliphatic heterocycles. The van der Waals surface area contributed by atoms with Gasteiger partial charge in [-0.2, -0.15) is 0 Å². The predicted molar refractivity (Wildman–Crippen MR) is 82.2 cm³/mol. The number of nitrogens with zero attached hydrogens (tertiary/aromatic N) is 1. The second kappa shape index (κ2) is 4.67. The second-order valence-corrected chi connectivity index (χ2v) is 5.36. The Hall–Kier alpha value is -2.29. The number of hydrogen-bond donors (Lipinski definition) is 1. The van der Waals surface area contributed by atoms with Crippen molar-refractivity contribution in [3.8, 4) is 0 Å². The van der Waals surface area contributed by atoms with E-state index in [1.165, 1.54) is 0 Å². The fourth-order valence-electron chi connectivity index (χ4n) is 2.80. The first-order valence-electron chi connectivity index (χ1n) is 6.84. The van der Waals surface area contributed by atoms with Crippen LogP contribution >= 0.6 is 0 Å². The topological polar surface area (TPSA) is 46.3 Å². The van der Waals surface area contributed by atoms with E-state index in [4.69, 9.17) is 5.73 Å². The first-order valence-corrected chi connectivity index (χ1v) is 6.84. The normalized spacial score (nSPS) is 14.3. The Kier molecular flexibility index (Phi) is 2.97. The molecule has 0 saturated carbocycles. The summed E-state index contributed by atoms with van der Waals surface area (Å²) in [5.74, 6) is 0.0678. The number of fused-ring (bicyclic) bond motifs is 1. The lowest BCUT2D eigenvalue weighted by Crippen LogP contribution is -2.38. The van der Waals surface area contributed by atoms with E-state index in [2.05, 4.69) is 0 Å². The van der Waals surface area contributed by atoms with Gasteiger partial charge in [-0.25, -0.2) is 0 Å². The van der Waals surface area contributed by atoms with Crippen molar-refractivity contribution in [2.75, 3.05) is 17.2 Å². The third-order valence-corrected chi connectivity index (χ3v) is 3.97. The Morgan fingerprint density at radius 3 is 2.65 bits per heavy atom. The summed E-state index contributed by atoms with van der Waals surface area (Å²) in [5, 5.41) is 0. The number of carbonyl (C=O) groups is 1. The van der Waals surface area contributed by atoms with E-state index < -0.39 is 0 Å². The highest BCUT2D eigenvalue weighted by Gasteiger charge is 2.26. The molecule has 0 aromatic heterocycles. The van der Waals surface area contributed by atoms with E-state index in [9.17, 15) is 4.79 Å². The molecule has 0 unspecified atom stereocenters. The molecule has 3 rings (SSSR count). The van der Waals surface area contributed by atoms with E-state index in [-0.39, 0.29) is 5.91 Å². The van der Waals surface area contributed by atoms with Crippen LogP contribution in [-0.2, 0) is 6.42 Å². The van der Waals surface area contributed by atoms with Crippen LogP contribution in [0.1, 0.15) is 27.0 Å². The number of anilines is 2. The van der Waals surface area contributed by atoms with Gasteiger partial charge in [-0.1, -0.05) is 24.3 Å². The summed E-state index contributed by atoms with van der Waals surface area (Å²) in [4.78, 5) is 14.5. The van der Waals surface area contributed by atoms with E-state index in [0.717, 1.165) is 40.0 Å². The van der Waals surface area contributed by atoms with Gasteiger partial charge in [0.15, 0.2) is 0 Å². The Morgan fingerprint density at radius 1 is 1.10 bits per heavy atom. The molecule has 20 heavy (non-hydrogen) atoms. The van der Waals surface area contributed by atoms with Crippen LogP contribution in [0.4, 0.5) is 11.4 Å². The zero-order valence-electron chi connectivity index (χ0n) is 11.8. The molecule has 0 atom stereocenters. The maximum atomic E-state index is 12.7. The zero-order valence-corrected chi connectivity index (χ0v) is 11.8. The number of nitrogens with two attached hydrogens (primary N) is 1. The van der Waals surface area contributed by atoms with Crippen LogP contribution in [0.2, 0.25) is 0 Å². The Balaban J connectivity index is 2.05. The van der Waals surface area contributed by atoms with Gasteiger partial charge in [0.2, 0.25) is 0 Å². The van der Waals surface area contributed by atoms with Gasteiger partial charge in [0, 0.05) is 23.5 Å². The number of aryl methyl sites for hydroxylation is 2. The van der Waals surface area contributed by atoms with Crippen molar-refractivity contribution in [2.45, 2.75) is 20.3 Å². The van der Waals surface area contributed by atoms with Gasteiger partial charge >= 0.3 is 0 Å². The lowest BCUT2D eigenvalue weighted by molar-refractivity contribution is 0.0980. The SMILES string of the molecule is Cc1cc(C)c(N2CCc3ccccc3C2=O)cc1N. The minimum Gasteiger partial charge on any atom is -0.398 e. The van der Waals surface area contributed by atoms with Gasteiger partial charge in [0.05, 0.1) is 0 Å². The van der Waals surface area contributed by atoms with E-state index in [1.807, 2.05) is 55.1 Å². The van der Waals surface area contributed by atoms with Gasteiger partial charge in [0.1, 0.15) is 0 Å². The molecule has 2 aromatic carbocycles. The predicted octanol–water partition coefficient (Wildman–Crippen LogP) is 3.09. The highest BCUT2D eigenvalue weighted by atomic mass is 16.2. The minimum atomic E-state index is 0.0678. The molecule has 0 aliphatic carbocycles. The highest BCUT2D eigenvalue weighted by molar-refractivity contribution is 6.08. The van der Waals surface area contributed by atoms with Gasteiger partial charge in [-0.15, -0.1) is 0 Å². The molecule has 0 bridgehead atoms. The number of nitrogen functional groups attached to an aromatic ring is 1. The molecule has 3 nitrogen and oxygen atoms in total. The van der Waals surface area contributed by atoms with Crippen LogP contribution < -0.4 is 10.6 Å². The van der Waals surface area contributed by atoms with Gasteiger partial charge < -0.3 is 10.6 Å². The largest absolute Gasteiger partial charge is 0.398 e. The van der Waals surface area contributed by atoms with Crippen molar-refractivity contribution in [3.05, 3.63) is 58.7 Å². The number of rotatable bonds is 1. The molecule has 1 amide bonds. The Morgan fingerprint density at radius 2 is 1.85 bits per heavy atom. The second-order valence-electron chi connectivity index (χ2n) is 5.36. The molecule has 0 spiro atoms. The highest BCUT2D eigenvalue weighted by Crippen LogP contribution is 2.30. The number of benzene rings is 2. The van der Waals surface area contributed by atoms with Crippen LogP contribution in [0.15, 0.2) is 36.4 Å².